The van der Waals surface area contributed by atoms with Gasteiger partial charge in [0.25, 0.3) is 5.56 Å². The van der Waals surface area contributed by atoms with Crippen LogP contribution in [0.25, 0.3) is 33.8 Å². The second-order valence-electron chi connectivity index (χ2n) is 9.45. The highest BCUT2D eigenvalue weighted by Crippen LogP contribution is 2.34. The molecule has 0 fully saturated rings. The number of allylic oxidation sites excluding steroid dienone is 1. The molecule has 5 heterocycles. The third-order valence-corrected chi connectivity index (χ3v) is 6.90. The Hall–Kier alpha value is -4.31. The molecule has 0 aliphatic carbocycles. The lowest BCUT2D eigenvalue weighted by atomic mass is 10.0. The summed E-state index contributed by atoms with van der Waals surface area (Å²) >= 11 is 6.20. The zero-order valence-corrected chi connectivity index (χ0v) is 21.7. The van der Waals surface area contributed by atoms with Gasteiger partial charge in [0.15, 0.2) is 0 Å². The van der Waals surface area contributed by atoms with Crippen LogP contribution in [0.15, 0.2) is 53.8 Å². The Morgan fingerprint density at radius 1 is 1.11 bits per heavy atom. The molecule has 38 heavy (non-hydrogen) atoms. The number of hydrogen-bond acceptors (Lipinski definition) is 6. The zero-order valence-electron chi connectivity index (χ0n) is 21.0. The maximum atomic E-state index is 14.8. The van der Waals surface area contributed by atoms with Gasteiger partial charge < -0.3 is 5.32 Å². The summed E-state index contributed by atoms with van der Waals surface area (Å²) in [7, 11) is 3.67. The van der Waals surface area contributed by atoms with Gasteiger partial charge in [-0.25, -0.2) is 14.4 Å². The Kier molecular flexibility index (Phi) is 5.83. The minimum Gasteiger partial charge on any atom is -0.377 e. The number of benzene rings is 1. The fraction of sp³-hybridized carbons (Fsp3) is 0.222. The lowest BCUT2D eigenvalue weighted by Gasteiger charge is -2.20. The van der Waals surface area contributed by atoms with Gasteiger partial charge in [-0.15, -0.1) is 0 Å². The molecule has 5 aromatic rings. The molecule has 9 nitrogen and oxygen atoms in total. The molecule has 4 aromatic heterocycles. The van der Waals surface area contributed by atoms with Crippen molar-refractivity contribution in [1.82, 2.24) is 34.1 Å². The second-order valence-corrected chi connectivity index (χ2v) is 9.84. The van der Waals surface area contributed by atoms with Crippen LogP contribution in [-0.2, 0) is 20.6 Å². The van der Waals surface area contributed by atoms with Crippen LogP contribution in [0.2, 0.25) is 5.15 Å². The standard InChI is InChI=1S/C27H24ClFN8O/c1-15(32-22-4-5-23(28)33-24(22)18-12-31-36(3)14-18)20-9-19(29)10-21-25(20)34-26-17(6-7-37(26)27(21)38)8-16-11-30-35(2)13-16/h4-5,8-15,32H,6-7H2,1-3H3/t15-/m1/s1. The smallest absolute Gasteiger partial charge is 0.261 e. The zero-order chi connectivity index (χ0) is 26.6. The molecule has 0 amide bonds. The number of nitrogens with one attached hydrogen (secondary N) is 1. The van der Waals surface area contributed by atoms with E-state index in [0.29, 0.717) is 46.4 Å². The fourth-order valence-corrected chi connectivity index (χ4v) is 5.07. The monoisotopic (exact) mass is 530 g/mol. The largest absolute Gasteiger partial charge is 0.377 e. The Labute approximate surface area is 222 Å². The predicted octanol–water partition coefficient (Wildman–Crippen LogP) is 4.84. The number of nitrogens with zero attached hydrogens (tertiary/aromatic N) is 7. The molecule has 1 aliphatic heterocycles. The maximum Gasteiger partial charge on any atom is 0.261 e. The lowest BCUT2D eigenvalue weighted by molar-refractivity contribution is 0.625. The molecule has 6 rings (SSSR count). The van der Waals surface area contributed by atoms with Crippen molar-refractivity contribution in [1.29, 1.82) is 0 Å². The molecular formula is C27H24ClFN8O. The van der Waals surface area contributed by atoms with Crippen molar-refractivity contribution in [3.8, 4) is 11.3 Å². The number of rotatable bonds is 5. The van der Waals surface area contributed by atoms with Crippen molar-refractivity contribution in [2.45, 2.75) is 25.9 Å². The van der Waals surface area contributed by atoms with E-state index in [0.717, 1.165) is 16.7 Å². The molecule has 1 aliphatic rings. The summed E-state index contributed by atoms with van der Waals surface area (Å²) in [5, 5.41) is 12.5. The van der Waals surface area contributed by atoms with Gasteiger partial charge in [0, 0.05) is 49.7 Å². The van der Waals surface area contributed by atoms with E-state index < -0.39 is 11.9 Å². The molecule has 0 saturated heterocycles. The van der Waals surface area contributed by atoms with Gasteiger partial charge in [-0.05, 0) is 49.3 Å². The van der Waals surface area contributed by atoms with E-state index in [4.69, 9.17) is 16.6 Å². The van der Waals surface area contributed by atoms with Crippen molar-refractivity contribution >= 4 is 39.8 Å². The average molecular weight is 531 g/mol. The number of aryl methyl sites for hydroxylation is 2. The van der Waals surface area contributed by atoms with Crippen LogP contribution < -0.4 is 10.9 Å². The van der Waals surface area contributed by atoms with E-state index in [2.05, 4.69) is 20.5 Å². The first-order valence-corrected chi connectivity index (χ1v) is 12.5. The van der Waals surface area contributed by atoms with Crippen molar-refractivity contribution in [3.05, 3.63) is 87.3 Å². The van der Waals surface area contributed by atoms with E-state index in [9.17, 15) is 9.18 Å². The van der Waals surface area contributed by atoms with Crippen LogP contribution in [0, 0.1) is 5.82 Å². The molecule has 0 saturated carbocycles. The molecule has 1 aromatic carbocycles. The maximum absolute atomic E-state index is 14.8. The van der Waals surface area contributed by atoms with E-state index in [-0.39, 0.29) is 10.9 Å². The van der Waals surface area contributed by atoms with Crippen LogP contribution in [0.3, 0.4) is 0 Å². The van der Waals surface area contributed by atoms with Gasteiger partial charge in [-0.2, -0.15) is 10.2 Å². The number of aromatic nitrogens is 7. The Morgan fingerprint density at radius 3 is 2.63 bits per heavy atom. The van der Waals surface area contributed by atoms with Gasteiger partial charge in [0.05, 0.1) is 40.7 Å². The predicted molar refractivity (Wildman–Crippen MR) is 145 cm³/mol. The average Bonchev–Trinajstić information content (AvgIpc) is 3.61. The van der Waals surface area contributed by atoms with E-state index in [1.54, 1.807) is 32.4 Å². The van der Waals surface area contributed by atoms with Gasteiger partial charge in [-0.3, -0.25) is 18.7 Å². The number of halogens is 2. The molecule has 0 unspecified atom stereocenters. The number of fused-ring (bicyclic) bond motifs is 2. The van der Waals surface area contributed by atoms with Gasteiger partial charge in [-0.1, -0.05) is 11.6 Å². The summed E-state index contributed by atoms with van der Waals surface area (Å²) in [4.78, 5) is 22.8. The van der Waals surface area contributed by atoms with Crippen LogP contribution in [0.5, 0.6) is 0 Å². The quantitative estimate of drug-likeness (QED) is 0.327. The highest BCUT2D eigenvalue weighted by molar-refractivity contribution is 6.29. The van der Waals surface area contributed by atoms with Crippen LogP contribution in [0.4, 0.5) is 10.1 Å². The van der Waals surface area contributed by atoms with Gasteiger partial charge in [0.1, 0.15) is 16.8 Å². The topological polar surface area (TPSA) is 95.5 Å². The molecule has 11 heteroatoms. The third-order valence-electron chi connectivity index (χ3n) is 6.69. The van der Waals surface area contributed by atoms with E-state index in [1.165, 1.54) is 12.1 Å². The molecule has 0 radical (unpaired) electrons. The molecule has 1 N–H and O–H groups in total. The fourth-order valence-electron chi connectivity index (χ4n) is 4.92. The summed E-state index contributed by atoms with van der Waals surface area (Å²) in [6.45, 7) is 2.39. The number of hydrogen-bond donors (Lipinski definition) is 1. The molecular weight excluding hydrogens is 507 g/mol. The van der Waals surface area contributed by atoms with Crippen LogP contribution in [0.1, 0.15) is 36.3 Å². The third kappa shape index (κ3) is 4.26. The van der Waals surface area contributed by atoms with Gasteiger partial charge in [0.2, 0.25) is 0 Å². The minimum absolute atomic E-state index is 0.252. The number of anilines is 1. The van der Waals surface area contributed by atoms with Crippen molar-refractivity contribution in [2.75, 3.05) is 5.32 Å². The molecule has 0 bridgehead atoms. The van der Waals surface area contributed by atoms with Crippen molar-refractivity contribution < 1.29 is 4.39 Å². The summed E-state index contributed by atoms with van der Waals surface area (Å²) in [5.41, 5.74) is 4.75. The van der Waals surface area contributed by atoms with Crippen molar-refractivity contribution in [3.63, 3.8) is 0 Å². The van der Waals surface area contributed by atoms with Crippen LogP contribution in [-0.4, -0.2) is 34.1 Å². The second kappa shape index (κ2) is 9.21. The molecule has 0 spiro atoms. The number of pyridine rings is 1. The first kappa shape index (κ1) is 24.1. The van der Waals surface area contributed by atoms with Crippen molar-refractivity contribution in [2.24, 2.45) is 14.1 Å². The Balaban J connectivity index is 1.45. The van der Waals surface area contributed by atoms with E-state index >= 15 is 0 Å². The summed E-state index contributed by atoms with van der Waals surface area (Å²) in [6, 6.07) is 5.80. The highest BCUT2D eigenvalue weighted by atomic mass is 35.5. The van der Waals surface area contributed by atoms with E-state index in [1.807, 2.05) is 45.6 Å². The Morgan fingerprint density at radius 2 is 1.89 bits per heavy atom. The summed E-state index contributed by atoms with van der Waals surface area (Å²) in [6.07, 6.45) is 9.86. The Bertz CT molecular complexity index is 1800. The first-order valence-electron chi connectivity index (χ1n) is 12.1. The minimum atomic E-state index is -0.494. The molecule has 1 atom stereocenters. The summed E-state index contributed by atoms with van der Waals surface area (Å²) in [5.74, 6) is 0.0991. The molecule has 192 valence electrons. The highest BCUT2D eigenvalue weighted by Gasteiger charge is 2.24. The SMILES string of the molecule is C[C@@H](Nc1ccc(Cl)nc1-c1cnn(C)c1)c1cc(F)cc2c(=O)n3c(nc12)C(=Cc1cnn(C)c1)CC3. The normalized spacial score (nSPS) is 14.8. The van der Waals surface area contributed by atoms with Crippen LogP contribution >= 0.6 is 11.6 Å². The van der Waals surface area contributed by atoms with Gasteiger partial charge >= 0.3 is 0 Å². The first-order chi connectivity index (χ1) is 18.3. The lowest BCUT2D eigenvalue weighted by Crippen LogP contribution is -2.22. The summed E-state index contributed by atoms with van der Waals surface area (Å²) < 4.78 is 19.9.